The molecule has 1 aromatic carbocycles. The van der Waals surface area contributed by atoms with Gasteiger partial charge in [0.2, 0.25) is 0 Å². The molecular formula is C13H12N4O4. The SMILES string of the molecule is O=C(O)c1c(CNCc2cccnn2)cccc1[N+](=O)[O-]. The third-order valence-electron chi connectivity index (χ3n) is 2.79. The van der Waals surface area contributed by atoms with Crippen LogP contribution in [0.15, 0.2) is 36.5 Å². The highest BCUT2D eigenvalue weighted by atomic mass is 16.6. The molecule has 0 saturated carbocycles. The predicted molar refractivity (Wildman–Crippen MR) is 72.6 cm³/mol. The molecule has 1 aromatic heterocycles. The van der Waals surface area contributed by atoms with E-state index in [0.717, 1.165) is 0 Å². The maximum absolute atomic E-state index is 11.2. The molecule has 1 heterocycles. The largest absolute Gasteiger partial charge is 0.477 e. The summed E-state index contributed by atoms with van der Waals surface area (Å²) in [4.78, 5) is 21.4. The number of rotatable bonds is 6. The third-order valence-corrected chi connectivity index (χ3v) is 2.79. The van der Waals surface area contributed by atoms with Crippen LogP contribution in [-0.4, -0.2) is 26.2 Å². The number of carboxylic acids is 1. The summed E-state index contributed by atoms with van der Waals surface area (Å²) in [6.07, 6.45) is 1.55. The molecule has 0 aliphatic heterocycles. The summed E-state index contributed by atoms with van der Waals surface area (Å²) < 4.78 is 0. The van der Waals surface area contributed by atoms with Gasteiger partial charge >= 0.3 is 5.97 Å². The Morgan fingerprint density at radius 3 is 2.71 bits per heavy atom. The maximum Gasteiger partial charge on any atom is 0.343 e. The number of benzene rings is 1. The summed E-state index contributed by atoms with van der Waals surface area (Å²) in [5, 5.41) is 30.6. The fraction of sp³-hybridized carbons (Fsp3) is 0.154. The second kappa shape index (κ2) is 6.53. The fourth-order valence-corrected chi connectivity index (χ4v) is 1.89. The molecular weight excluding hydrogens is 276 g/mol. The molecule has 108 valence electrons. The highest BCUT2D eigenvalue weighted by Crippen LogP contribution is 2.22. The molecule has 21 heavy (non-hydrogen) atoms. The normalized spacial score (nSPS) is 10.3. The Morgan fingerprint density at radius 1 is 1.29 bits per heavy atom. The molecule has 8 nitrogen and oxygen atoms in total. The summed E-state index contributed by atoms with van der Waals surface area (Å²) in [5.41, 5.74) is 0.329. The number of hydrogen-bond acceptors (Lipinski definition) is 6. The van der Waals surface area contributed by atoms with Gasteiger partial charge in [0, 0.05) is 25.4 Å². The van der Waals surface area contributed by atoms with Gasteiger partial charge in [0.25, 0.3) is 5.69 Å². The highest BCUT2D eigenvalue weighted by molar-refractivity contribution is 5.94. The van der Waals surface area contributed by atoms with Gasteiger partial charge in [-0.05, 0) is 17.7 Å². The van der Waals surface area contributed by atoms with Crippen molar-refractivity contribution < 1.29 is 14.8 Å². The average molecular weight is 288 g/mol. The predicted octanol–water partition coefficient (Wildman–Crippen LogP) is 1.37. The zero-order chi connectivity index (χ0) is 15.2. The van der Waals surface area contributed by atoms with Gasteiger partial charge < -0.3 is 10.4 Å². The minimum atomic E-state index is -1.32. The van der Waals surface area contributed by atoms with Crippen LogP contribution in [0.4, 0.5) is 5.69 Å². The van der Waals surface area contributed by atoms with Crippen LogP contribution in [0, 0.1) is 10.1 Å². The molecule has 2 rings (SSSR count). The molecule has 0 unspecified atom stereocenters. The first-order chi connectivity index (χ1) is 10.1. The second-order valence-corrected chi connectivity index (χ2v) is 4.19. The highest BCUT2D eigenvalue weighted by Gasteiger charge is 2.22. The van der Waals surface area contributed by atoms with Crippen LogP contribution in [-0.2, 0) is 13.1 Å². The van der Waals surface area contributed by atoms with Crippen molar-refractivity contribution in [2.45, 2.75) is 13.1 Å². The van der Waals surface area contributed by atoms with Crippen molar-refractivity contribution in [1.29, 1.82) is 0 Å². The zero-order valence-corrected chi connectivity index (χ0v) is 10.9. The van der Waals surface area contributed by atoms with E-state index in [2.05, 4.69) is 15.5 Å². The van der Waals surface area contributed by atoms with E-state index in [1.165, 1.54) is 12.1 Å². The Kier molecular flexibility index (Phi) is 4.52. The van der Waals surface area contributed by atoms with Crippen LogP contribution in [0.2, 0.25) is 0 Å². The Morgan fingerprint density at radius 2 is 2.10 bits per heavy atom. The van der Waals surface area contributed by atoms with Gasteiger partial charge in [-0.15, -0.1) is 0 Å². The van der Waals surface area contributed by atoms with E-state index in [1.807, 2.05) is 0 Å². The van der Waals surface area contributed by atoms with Gasteiger partial charge in [-0.25, -0.2) is 4.79 Å². The molecule has 0 spiro atoms. The van der Waals surface area contributed by atoms with Crippen molar-refractivity contribution in [2.75, 3.05) is 0 Å². The quantitative estimate of drug-likeness (QED) is 0.608. The van der Waals surface area contributed by atoms with Gasteiger partial charge in [-0.2, -0.15) is 10.2 Å². The van der Waals surface area contributed by atoms with Gasteiger partial charge in [0.1, 0.15) is 5.56 Å². The van der Waals surface area contributed by atoms with Crippen molar-refractivity contribution in [3.8, 4) is 0 Å². The Labute approximate surface area is 119 Å². The first-order valence-corrected chi connectivity index (χ1v) is 6.06. The van der Waals surface area contributed by atoms with Crippen molar-refractivity contribution in [3.63, 3.8) is 0 Å². The smallest absolute Gasteiger partial charge is 0.343 e. The molecule has 0 bridgehead atoms. The summed E-state index contributed by atoms with van der Waals surface area (Å²) in [6, 6.07) is 7.69. The Bertz CT molecular complexity index is 660. The third kappa shape index (κ3) is 3.57. The number of hydrogen-bond donors (Lipinski definition) is 2. The van der Waals surface area contributed by atoms with E-state index in [4.69, 9.17) is 5.11 Å². The van der Waals surface area contributed by atoms with E-state index in [1.54, 1.807) is 24.4 Å². The van der Waals surface area contributed by atoms with Crippen molar-refractivity contribution >= 4 is 11.7 Å². The summed E-state index contributed by atoms with van der Waals surface area (Å²) in [6.45, 7) is 0.565. The minimum Gasteiger partial charge on any atom is -0.477 e. The van der Waals surface area contributed by atoms with Crippen molar-refractivity contribution in [1.82, 2.24) is 15.5 Å². The van der Waals surface area contributed by atoms with E-state index in [-0.39, 0.29) is 12.1 Å². The van der Waals surface area contributed by atoms with Crippen LogP contribution in [0.5, 0.6) is 0 Å². The van der Waals surface area contributed by atoms with Gasteiger partial charge in [0.05, 0.1) is 10.6 Å². The molecule has 0 aliphatic carbocycles. The standard InChI is InChI=1S/C13H12N4O4/c18-13(19)12-9(3-1-5-11(12)17(20)21)7-14-8-10-4-2-6-15-16-10/h1-6,14H,7-8H2,(H,18,19). The average Bonchev–Trinajstić information content (AvgIpc) is 2.47. The van der Waals surface area contributed by atoms with E-state index in [0.29, 0.717) is 17.8 Å². The second-order valence-electron chi connectivity index (χ2n) is 4.19. The minimum absolute atomic E-state index is 0.180. The molecule has 0 fully saturated rings. The van der Waals surface area contributed by atoms with Crippen LogP contribution in [0.3, 0.4) is 0 Å². The van der Waals surface area contributed by atoms with E-state index < -0.39 is 16.6 Å². The lowest BCUT2D eigenvalue weighted by Crippen LogP contribution is -2.17. The Hall–Kier alpha value is -2.87. The first-order valence-electron chi connectivity index (χ1n) is 6.06. The number of nitro groups is 1. The molecule has 8 heteroatoms. The molecule has 0 amide bonds. The van der Waals surface area contributed by atoms with Crippen molar-refractivity contribution in [2.24, 2.45) is 0 Å². The lowest BCUT2D eigenvalue weighted by atomic mass is 10.1. The zero-order valence-electron chi connectivity index (χ0n) is 10.9. The molecule has 2 N–H and O–H groups in total. The lowest BCUT2D eigenvalue weighted by Gasteiger charge is -2.08. The maximum atomic E-state index is 11.2. The monoisotopic (exact) mass is 288 g/mol. The lowest BCUT2D eigenvalue weighted by molar-refractivity contribution is -0.385. The number of carboxylic acid groups (broad SMARTS) is 1. The molecule has 0 atom stereocenters. The van der Waals surface area contributed by atoms with Crippen LogP contribution in [0.25, 0.3) is 0 Å². The number of carbonyl (C=O) groups is 1. The number of nitrogens with zero attached hydrogens (tertiary/aromatic N) is 3. The van der Waals surface area contributed by atoms with Crippen LogP contribution < -0.4 is 5.32 Å². The summed E-state index contributed by atoms with van der Waals surface area (Å²) >= 11 is 0. The van der Waals surface area contributed by atoms with Gasteiger partial charge in [-0.1, -0.05) is 12.1 Å². The number of nitrogens with one attached hydrogen (secondary N) is 1. The van der Waals surface area contributed by atoms with Crippen LogP contribution >= 0.6 is 0 Å². The molecule has 2 aromatic rings. The molecule has 0 aliphatic rings. The fourth-order valence-electron chi connectivity index (χ4n) is 1.89. The van der Waals surface area contributed by atoms with E-state index in [9.17, 15) is 14.9 Å². The van der Waals surface area contributed by atoms with Gasteiger partial charge in [0.15, 0.2) is 0 Å². The first kappa shape index (κ1) is 14.5. The summed E-state index contributed by atoms with van der Waals surface area (Å²) in [5.74, 6) is -1.32. The number of aromatic carboxylic acids is 1. The number of aromatic nitrogens is 2. The van der Waals surface area contributed by atoms with Gasteiger partial charge in [-0.3, -0.25) is 10.1 Å². The molecule has 0 saturated heterocycles. The van der Waals surface area contributed by atoms with Crippen molar-refractivity contribution in [3.05, 3.63) is 63.5 Å². The topological polar surface area (TPSA) is 118 Å². The van der Waals surface area contributed by atoms with E-state index >= 15 is 0 Å². The number of nitro benzene ring substituents is 1. The summed E-state index contributed by atoms with van der Waals surface area (Å²) in [7, 11) is 0. The Balaban J connectivity index is 2.14. The molecule has 0 radical (unpaired) electrons. The van der Waals surface area contributed by atoms with Crippen LogP contribution in [0.1, 0.15) is 21.6 Å².